The SMILES string of the molecule is O=C(O)CCCNC(=O)c1cccc(F)c1NC(=O)OCC1c2ccccc2-c2ccccc21. The first-order valence-corrected chi connectivity index (χ1v) is 10.9. The number of amides is 2. The highest BCUT2D eigenvalue weighted by Crippen LogP contribution is 2.44. The standard InChI is InChI=1S/C26H23FN2O5/c27-22-12-5-11-20(25(32)28-14-6-13-23(30)31)24(22)29-26(33)34-15-21-18-9-3-1-7-16(18)17-8-2-4-10-19(17)21/h1-5,7-12,21H,6,13-15H2,(H,28,32)(H,29,33)(H,30,31). The summed E-state index contributed by atoms with van der Waals surface area (Å²) in [6.45, 7) is 0.150. The first-order chi connectivity index (χ1) is 16.5. The van der Waals surface area contributed by atoms with E-state index in [9.17, 15) is 18.8 Å². The Labute approximate surface area is 195 Å². The first-order valence-electron chi connectivity index (χ1n) is 10.9. The normalized spacial score (nSPS) is 11.9. The van der Waals surface area contributed by atoms with Gasteiger partial charge in [-0.1, -0.05) is 54.6 Å². The molecule has 2 amide bonds. The Morgan fingerprint density at radius 3 is 2.21 bits per heavy atom. The maximum Gasteiger partial charge on any atom is 0.411 e. The van der Waals surface area contributed by atoms with Gasteiger partial charge in [0.25, 0.3) is 5.91 Å². The van der Waals surface area contributed by atoms with Gasteiger partial charge in [0.2, 0.25) is 0 Å². The quantitative estimate of drug-likeness (QED) is 0.418. The van der Waals surface area contributed by atoms with Crippen LogP contribution in [0.25, 0.3) is 11.1 Å². The molecule has 34 heavy (non-hydrogen) atoms. The molecule has 0 radical (unpaired) electrons. The van der Waals surface area contributed by atoms with E-state index in [1.807, 2.05) is 48.5 Å². The molecule has 3 N–H and O–H groups in total. The zero-order valence-electron chi connectivity index (χ0n) is 18.2. The molecule has 0 aromatic heterocycles. The van der Waals surface area contributed by atoms with Crippen molar-refractivity contribution in [3.8, 4) is 11.1 Å². The molecule has 3 aromatic carbocycles. The predicted octanol–water partition coefficient (Wildman–Crippen LogP) is 4.78. The Hall–Kier alpha value is -4.20. The van der Waals surface area contributed by atoms with Crippen LogP contribution in [-0.2, 0) is 9.53 Å². The zero-order valence-corrected chi connectivity index (χ0v) is 18.2. The molecule has 0 atom stereocenters. The molecule has 4 rings (SSSR count). The number of carboxylic acid groups (broad SMARTS) is 1. The van der Waals surface area contributed by atoms with Gasteiger partial charge in [-0.05, 0) is 40.8 Å². The first kappa shape index (κ1) is 23.0. The fourth-order valence-electron chi connectivity index (χ4n) is 4.11. The van der Waals surface area contributed by atoms with Gasteiger partial charge in [-0.25, -0.2) is 9.18 Å². The van der Waals surface area contributed by atoms with E-state index in [1.165, 1.54) is 12.1 Å². The fraction of sp³-hybridized carbons (Fsp3) is 0.192. The van der Waals surface area contributed by atoms with Gasteiger partial charge in [0.05, 0.1) is 11.3 Å². The molecule has 8 heteroatoms. The molecule has 0 bridgehead atoms. The number of carbonyl (C=O) groups excluding carboxylic acids is 2. The van der Waals surface area contributed by atoms with Crippen LogP contribution in [0.5, 0.6) is 0 Å². The summed E-state index contributed by atoms with van der Waals surface area (Å²) in [6.07, 6.45) is -0.758. The summed E-state index contributed by atoms with van der Waals surface area (Å²) in [7, 11) is 0. The maximum atomic E-state index is 14.5. The van der Waals surface area contributed by atoms with E-state index in [0.717, 1.165) is 28.3 Å². The number of rotatable bonds is 8. The Morgan fingerprint density at radius 2 is 1.56 bits per heavy atom. The summed E-state index contributed by atoms with van der Waals surface area (Å²) in [5, 5.41) is 13.6. The van der Waals surface area contributed by atoms with Gasteiger partial charge in [0.1, 0.15) is 12.4 Å². The summed E-state index contributed by atoms with van der Waals surface area (Å²) in [4.78, 5) is 35.6. The molecule has 174 valence electrons. The molecule has 0 aliphatic heterocycles. The lowest BCUT2D eigenvalue weighted by atomic mass is 9.98. The van der Waals surface area contributed by atoms with Crippen LogP contribution < -0.4 is 10.6 Å². The number of carboxylic acids is 1. The monoisotopic (exact) mass is 462 g/mol. The van der Waals surface area contributed by atoms with Crippen molar-refractivity contribution in [1.29, 1.82) is 0 Å². The van der Waals surface area contributed by atoms with Gasteiger partial charge in [-0.15, -0.1) is 0 Å². The minimum Gasteiger partial charge on any atom is -0.481 e. The minimum absolute atomic E-state index is 0.0467. The van der Waals surface area contributed by atoms with Gasteiger partial charge in [-0.2, -0.15) is 0 Å². The molecular weight excluding hydrogens is 439 g/mol. The molecule has 1 aliphatic carbocycles. The van der Waals surface area contributed by atoms with Crippen molar-refractivity contribution < 1.29 is 28.6 Å². The zero-order chi connectivity index (χ0) is 24.1. The van der Waals surface area contributed by atoms with Crippen LogP contribution in [0, 0.1) is 5.82 Å². The number of anilines is 1. The van der Waals surface area contributed by atoms with Crippen molar-refractivity contribution in [2.24, 2.45) is 0 Å². The van der Waals surface area contributed by atoms with Crippen molar-refractivity contribution in [1.82, 2.24) is 5.32 Å². The molecule has 0 heterocycles. The average Bonchev–Trinajstić information content (AvgIpc) is 3.15. The van der Waals surface area contributed by atoms with Crippen molar-refractivity contribution in [2.75, 3.05) is 18.5 Å². The van der Waals surface area contributed by atoms with E-state index in [0.29, 0.717) is 0 Å². The summed E-state index contributed by atoms with van der Waals surface area (Å²) < 4.78 is 19.9. The predicted molar refractivity (Wildman–Crippen MR) is 124 cm³/mol. The number of para-hydroxylation sites is 1. The lowest BCUT2D eigenvalue weighted by molar-refractivity contribution is -0.137. The third-order valence-corrected chi connectivity index (χ3v) is 5.68. The number of ether oxygens (including phenoxy) is 1. The van der Waals surface area contributed by atoms with Crippen LogP contribution in [0.15, 0.2) is 66.7 Å². The second kappa shape index (κ2) is 10.2. The highest BCUT2D eigenvalue weighted by Gasteiger charge is 2.29. The van der Waals surface area contributed by atoms with E-state index in [1.54, 1.807) is 0 Å². The topological polar surface area (TPSA) is 105 Å². The van der Waals surface area contributed by atoms with E-state index in [-0.39, 0.29) is 43.2 Å². The van der Waals surface area contributed by atoms with Gasteiger partial charge >= 0.3 is 12.1 Å². The van der Waals surface area contributed by atoms with Crippen molar-refractivity contribution in [3.63, 3.8) is 0 Å². The summed E-state index contributed by atoms with van der Waals surface area (Å²) >= 11 is 0. The van der Waals surface area contributed by atoms with Crippen molar-refractivity contribution in [3.05, 3.63) is 89.2 Å². The number of halogens is 1. The summed E-state index contributed by atoms with van der Waals surface area (Å²) in [5.74, 6) is -2.54. The second-order valence-electron chi connectivity index (χ2n) is 7.87. The Bertz CT molecular complexity index is 1200. The lowest BCUT2D eigenvalue weighted by Gasteiger charge is -2.16. The Balaban J connectivity index is 1.43. The fourth-order valence-corrected chi connectivity index (χ4v) is 4.11. The Morgan fingerprint density at radius 1 is 0.912 bits per heavy atom. The van der Waals surface area contributed by atoms with E-state index in [4.69, 9.17) is 9.84 Å². The third kappa shape index (κ3) is 4.91. The molecule has 3 aromatic rings. The van der Waals surface area contributed by atoms with Gasteiger partial charge < -0.3 is 15.2 Å². The highest BCUT2D eigenvalue weighted by molar-refractivity contribution is 6.02. The second-order valence-corrected chi connectivity index (χ2v) is 7.87. The number of aliphatic carboxylic acids is 1. The van der Waals surface area contributed by atoms with Crippen LogP contribution in [0.3, 0.4) is 0 Å². The van der Waals surface area contributed by atoms with E-state index >= 15 is 0 Å². The molecule has 7 nitrogen and oxygen atoms in total. The number of benzene rings is 3. The minimum atomic E-state index is -0.974. The Kier molecular flexibility index (Phi) is 6.87. The van der Waals surface area contributed by atoms with Crippen molar-refractivity contribution in [2.45, 2.75) is 18.8 Å². The van der Waals surface area contributed by atoms with Gasteiger partial charge in [-0.3, -0.25) is 14.9 Å². The van der Waals surface area contributed by atoms with Gasteiger partial charge in [0.15, 0.2) is 0 Å². The van der Waals surface area contributed by atoms with Crippen molar-refractivity contribution >= 4 is 23.7 Å². The van der Waals surface area contributed by atoms with Crippen LogP contribution >= 0.6 is 0 Å². The molecule has 0 fully saturated rings. The van der Waals surface area contributed by atoms with Crippen LogP contribution in [0.4, 0.5) is 14.9 Å². The largest absolute Gasteiger partial charge is 0.481 e. The third-order valence-electron chi connectivity index (χ3n) is 5.68. The average molecular weight is 462 g/mol. The number of carbonyl (C=O) groups is 3. The number of fused-ring (bicyclic) bond motifs is 3. The highest BCUT2D eigenvalue weighted by atomic mass is 19.1. The maximum absolute atomic E-state index is 14.5. The van der Waals surface area contributed by atoms with Crippen LogP contribution in [-0.4, -0.2) is 36.2 Å². The molecule has 0 saturated heterocycles. The smallest absolute Gasteiger partial charge is 0.411 e. The lowest BCUT2D eigenvalue weighted by Crippen LogP contribution is -2.27. The molecule has 1 aliphatic rings. The van der Waals surface area contributed by atoms with E-state index in [2.05, 4.69) is 10.6 Å². The number of nitrogens with one attached hydrogen (secondary N) is 2. The van der Waals surface area contributed by atoms with Crippen LogP contribution in [0.1, 0.15) is 40.2 Å². The summed E-state index contributed by atoms with van der Waals surface area (Å²) in [5.41, 5.74) is 3.89. The summed E-state index contributed by atoms with van der Waals surface area (Å²) in [6, 6.07) is 19.6. The van der Waals surface area contributed by atoms with Gasteiger partial charge in [0, 0.05) is 18.9 Å². The number of hydrogen-bond donors (Lipinski definition) is 3. The van der Waals surface area contributed by atoms with Crippen LogP contribution in [0.2, 0.25) is 0 Å². The molecule has 0 unspecified atom stereocenters. The molecule has 0 saturated carbocycles. The molecular formula is C26H23FN2O5. The van der Waals surface area contributed by atoms with E-state index < -0.39 is 23.8 Å². The molecule has 0 spiro atoms. The number of hydrogen-bond acceptors (Lipinski definition) is 4.